The van der Waals surface area contributed by atoms with E-state index in [4.69, 9.17) is 15.2 Å². The van der Waals surface area contributed by atoms with Gasteiger partial charge in [0, 0.05) is 6.07 Å². The molecule has 0 radical (unpaired) electrons. The van der Waals surface area contributed by atoms with Crippen molar-refractivity contribution < 1.29 is 9.47 Å². The molecule has 4 nitrogen and oxygen atoms in total. The highest BCUT2D eigenvalue weighted by Crippen LogP contribution is 2.27. The Morgan fingerprint density at radius 3 is 2.67 bits per heavy atom. The fraction of sp³-hybridized carbons (Fsp3) is 0.214. The van der Waals surface area contributed by atoms with Gasteiger partial charge in [-0.25, -0.2) is 0 Å². The van der Waals surface area contributed by atoms with Gasteiger partial charge in [0.2, 0.25) is 11.8 Å². The van der Waals surface area contributed by atoms with Crippen molar-refractivity contribution >= 4 is 5.69 Å². The quantitative estimate of drug-likeness (QED) is 0.898. The Morgan fingerprint density at radius 1 is 1.17 bits per heavy atom. The maximum absolute atomic E-state index is 5.75. The summed E-state index contributed by atoms with van der Waals surface area (Å²) in [6, 6.07) is 11.3. The van der Waals surface area contributed by atoms with Crippen LogP contribution in [0.2, 0.25) is 0 Å². The number of benzene rings is 1. The highest BCUT2D eigenvalue weighted by Gasteiger charge is 2.07. The molecule has 0 amide bonds. The summed E-state index contributed by atoms with van der Waals surface area (Å²) in [5, 5.41) is 0. The van der Waals surface area contributed by atoms with Crippen LogP contribution in [0.5, 0.6) is 17.5 Å². The average Bonchev–Trinajstić information content (AvgIpc) is 2.41. The van der Waals surface area contributed by atoms with E-state index in [9.17, 15) is 0 Å². The summed E-state index contributed by atoms with van der Waals surface area (Å²) in [6.07, 6.45) is 0.905. The zero-order valence-electron chi connectivity index (χ0n) is 10.5. The number of hydrogen-bond acceptors (Lipinski definition) is 4. The van der Waals surface area contributed by atoms with Crippen LogP contribution < -0.4 is 15.2 Å². The number of nitrogens with two attached hydrogens (primary N) is 1. The van der Waals surface area contributed by atoms with Crippen molar-refractivity contribution in [3.8, 4) is 17.5 Å². The van der Waals surface area contributed by atoms with E-state index < -0.39 is 0 Å². The molecule has 0 aliphatic heterocycles. The molecule has 94 valence electrons. The van der Waals surface area contributed by atoms with Gasteiger partial charge in [-0.3, -0.25) is 0 Å². The van der Waals surface area contributed by atoms with Crippen LogP contribution in [0.15, 0.2) is 36.4 Å². The second-order valence-corrected chi connectivity index (χ2v) is 3.81. The fourth-order valence-electron chi connectivity index (χ4n) is 1.66. The molecule has 0 unspecified atom stereocenters. The highest BCUT2D eigenvalue weighted by molar-refractivity contribution is 5.50. The molecule has 1 aromatic carbocycles. The van der Waals surface area contributed by atoms with Gasteiger partial charge in [0.05, 0.1) is 12.8 Å². The van der Waals surface area contributed by atoms with Crippen molar-refractivity contribution in [2.24, 2.45) is 0 Å². The van der Waals surface area contributed by atoms with Crippen molar-refractivity contribution in [2.75, 3.05) is 12.8 Å². The lowest BCUT2D eigenvalue weighted by molar-refractivity contribution is 0.385. The van der Waals surface area contributed by atoms with Crippen LogP contribution in [0.3, 0.4) is 0 Å². The molecule has 2 aromatic rings. The number of nitrogens with zero attached hydrogens (tertiary/aromatic N) is 1. The smallest absolute Gasteiger partial charge is 0.240 e. The Bertz CT molecular complexity index is 541. The predicted octanol–water partition coefficient (Wildman–Crippen LogP) is 3.03. The number of aryl methyl sites for hydroxylation is 1. The zero-order chi connectivity index (χ0) is 13.0. The van der Waals surface area contributed by atoms with E-state index >= 15 is 0 Å². The minimum atomic E-state index is 0.376. The zero-order valence-corrected chi connectivity index (χ0v) is 10.5. The summed E-state index contributed by atoms with van der Waals surface area (Å²) in [5.41, 5.74) is 7.33. The Kier molecular flexibility index (Phi) is 3.67. The topological polar surface area (TPSA) is 57.4 Å². The van der Waals surface area contributed by atoms with Gasteiger partial charge in [-0.05, 0) is 24.1 Å². The second-order valence-electron chi connectivity index (χ2n) is 3.81. The first-order valence-electron chi connectivity index (χ1n) is 5.81. The third-order valence-corrected chi connectivity index (χ3v) is 2.63. The molecule has 1 heterocycles. The van der Waals surface area contributed by atoms with Crippen molar-refractivity contribution in [2.45, 2.75) is 13.3 Å². The Morgan fingerprint density at radius 2 is 1.94 bits per heavy atom. The summed E-state index contributed by atoms with van der Waals surface area (Å²) >= 11 is 0. The molecule has 0 saturated carbocycles. The maximum Gasteiger partial charge on any atom is 0.240 e. The van der Waals surface area contributed by atoms with E-state index in [1.54, 1.807) is 12.1 Å². The molecule has 0 bridgehead atoms. The lowest BCUT2D eigenvalue weighted by atomic mass is 10.1. The third-order valence-electron chi connectivity index (χ3n) is 2.63. The highest BCUT2D eigenvalue weighted by atomic mass is 16.5. The van der Waals surface area contributed by atoms with Crippen molar-refractivity contribution in [1.29, 1.82) is 0 Å². The Balaban J connectivity index is 2.28. The van der Waals surface area contributed by atoms with Crippen LogP contribution in [0.1, 0.15) is 12.5 Å². The molecule has 18 heavy (non-hydrogen) atoms. The summed E-state index contributed by atoms with van der Waals surface area (Å²) in [4.78, 5) is 4.19. The van der Waals surface area contributed by atoms with Crippen LogP contribution in [-0.4, -0.2) is 12.1 Å². The number of rotatable bonds is 4. The van der Waals surface area contributed by atoms with Gasteiger partial charge in [-0.1, -0.05) is 25.1 Å². The van der Waals surface area contributed by atoms with Gasteiger partial charge in [-0.15, -0.1) is 0 Å². The number of aromatic nitrogens is 1. The maximum atomic E-state index is 5.75. The first-order valence-corrected chi connectivity index (χ1v) is 5.81. The molecule has 0 aliphatic carbocycles. The first-order chi connectivity index (χ1) is 8.74. The van der Waals surface area contributed by atoms with Crippen LogP contribution in [0.25, 0.3) is 0 Å². The molecule has 2 rings (SSSR count). The molecular weight excluding hydrogens is 228 g/mol. The van der Waals surface area contributed by atoms with Gasteiger partial charge in [0.15, 0.2) is 0 Å². The van der Waals surface area contributed by atoms with Gasteiger partial charge in [-0.2, -0.15) is 4.98 Å². The number of para-hydroxylation sites is 1. The summed E-state index contributed by atoms with van der Waals surface area (Å²) in [7, 11) is 1.53. The molecule has 0 atom stereocenters. The molecule has 0 saturated heterocycles. The Labute approximate surface area is 106 Å². The number of anilines is 1. The van der Waals surface area contributed by atoms with Crippen LogP contribution >= 0.6 is 0 Å². The number of pyridine rings is 1. The normalized spacial score (nSPS) is 10.1. The van der Waals surface area contributed by atoms with E-state index in [-0.39, 0.29) is 0 Å². The first kappa shape index (κ1) is 12.2. The minimum absolute atomic E-state index is 0.376. The van der Waals surface area contributed by atoms with E-state index in [1.807, 2.05) is 24.3 Å². The van der Waals surface area contributed by atoms with Crippen molar-refractivity contribution in [3.05, 3.63) is 42.0 Å². The largest absolute Gasteiger partial charge is 0.479 e. The van der Waals surface area contributed by atoms with Crippen LogP contribution in [-0.2, 0) is 6.42 Å². The summed E-state index contributed by atoms with van der Waals surface area (Å²) in [6.45, 7) is 2.08. The van der Waals surface area contributed by atoms with E-state index in [2.05, 4.69) is 11.9 Å². The lowest BCUT2D eigenvalue weighted by Gasteiger charge is -2.10. The molecule has 0 spiro atoms. The molecule has 4 heteroatoms. The number of ether oxygens (including phenoxy) is 2. The molecule has 1 aromatic heterocycles. The van der Waals surface area contributed by atoms with E-state index in [0.717, 1.165) is 17.7 Å². The fourth-order valence-corrected chi connectivity index (χ4v) is 1.66. The SMILES string of the molecule is CCc1ccccc1Oc1ccc(N)c(OC)n1. The third kappa shape index (κ3) is 2.53. The van der Waals surface area contributed by atoms with Gasteiger partial charge < -0.3 is 15.2 Å². The minimum Gasteiger partial charge on any atom is -0.479 e. The van der Waals surface area contributed by atoms with Gasteiger partial charge >= 0.3 is 0 Å². The Hall–Kier alpha value is -2.23. The summed E-state index contributed by atoms with van der Waals surface area (Å²) < 4.78 is 10.8. The monoisotopic (exact) mass is 244 g/mol. The lowest BCUT2D eigenvalue weighted by Crippen LogP contribution is -1.98. The molecular formula is C14H16N2O2. The van der Waals surface area contributed by atoms with Crippen molar-refractivity contribution in [1.82, 2.24) is 4.98 Å². The van der Waals surface area contributed by atoms with Crippen LogP contribution in [0.4, 0.5) is 5.69 Å². The summed E-state index contributed by atoms with van der Waals surface area (Å²) in [5.74, 6) is 1.66. The number of methoxy groups -OCH3 is 1. The van der Waals surface area contributed by atoms with Crippen molar-refractivity contribution in [3.63, 3.8) is 0 Å². The number of hydrogen-bond donors (Lipinski definition) is 1. The van der Waals surface area contributed by atoms with E-state index in [1.165, 1.54) is 7.11 Å². The second kappa shape index (κ2) is 5.40. The number of nitrogen functional groups attached to an aromatic ring is 1. The molecule has 2 N–H and O–H groups in total. The average molecular weight is 244 g/mol. The van der Waals surface area contributed by atoms with Crippen LogP contribution in [0, 0.1) is 0 Å². The van der Waals surface area contributed by atoms with E-state index in [0.29, 0.717) is 17.4 Å². The van der Waals surface area contributed by atoms with Gasteiger partial charge in [0.25, 0.3) is 0 Å². The molecule has 0 fully saturated rings. The molecule has 0 aliphatic rings. The predicted molar refractivity (Wildman–Crippen MR) is 71.1 cm³/mol. The van der Waals surface area contributed by atoms with Gasteiger partial charge in [0.1, 0.15) is 5.75 Å². The standard InChI is InChI=1S/C14H16N2O2/c1-3-10-6-4-5-7-12(10)18-13-9-8-11(15)14(16-13)17-2/h4-9H,3,15H2,1-2H3.